The zero-order chi connectivity index (χ0) is 25.4. The van der Waals surface area contributed by atoms with Crippen LogP contribution in [0.1, 0.15) is 20.3 Å². The van der Waals surface area contributed by atoms with Crippen LogP contribution < -0.4 is 9.64 Å². The van der Waals surface area contributed by atoms with Gasteiger partial charge >= 0.3 is 0 Å². The van der Waals surface area contributed by atoms with Crippen LogP contribution in [0, 0.1) is 5.82 Å². The number of fused-ring (bicyclic) bond motifs is 3. The van der Waals surface area contributed by atoms with Crippen molar-refractivity contribution in [1.82, 2.24) is 29.4 Å². The highest BCUT2D eigenvalue weighted by Gasteiger charge is 2.29. The molecule has 1 fully saturated rings. The maximum Gasteiger partial charge on any atom is 0.232 e. The van der Waals surface area contributed by atoms with E-state index in [1.165, 1.54) is 6.07 Å². The number of halogens is 1. The highest BCUT2D eigenvalue weighted by atomic mass is 19.1. The molecule has 0 saturated carbocycles. The Morgan fingerprint density at radius 1 is 1.06 bits per heavy atom. The Balaban J connectivity index is 1.48. The van der Waals surface area contributed by atoms with E-state index in [0.29, 0.717) is 35.7 Å². The number of hydrogen-bond donors (Lipinski definition) is 0. The van der Waals surface area contributed by atoms with E-state index in [0.717, 1.165) is 48.6 Å². The average Bonchev–Trinajstić information content (AvgIpc) is 3.29. The quantitative estimate of drug-likeness (QED) is 0.363. The van der Waals surface area contributed by atoms with Gasteiger partial charge in [0.25, 0.3) is 0 Å². The molecule has 0 bridgehead atoms. The van der Waals surface area contributed by atoms with Gasteiger partial charge in [-0.1, -0.05) is 6.07 Å². The largest absolute Gasteiger partial charge is 0.493 e. The van der Waals surface area contributed by atoms with Crippen LogP contribution in [0.5, 0.6) is 5.75 Å². The van der Waals surface area contributed by atoms with Gasteiger partial charge in [0, 0.05) is 43.3 Å². The van der Waals surface area contributed by atoms with Crippen molar-refractivity contribution in [3.05, 3.63) is 48.4 Å². The maximum absolute atomic E-state index is 15.2. The molecule has 1 saturated heterocycles. The summed E-state index contributed by atoms with van der Waals surface area (Å²) in [4.78, 5) is 11.3. The first-order valence-electron chi connectivity index (χ1n) is 12.5. The Labute approximate surface area is 211 Å². The summed E-state index contributed by atoms with van der Waals surface area (Å²) in [6.45, 7) is 7.64. The van der Waals surface area contributed by atoms with Crippen LogP contribution in [-0.4, -0.2) is 88.8 Å². The number of hydrogen-bond acceptors (Lipinski definition) is 7. The fourth-order valence-electron chi connectivity index (χ4n) is 4.87. The van der Waals surface area contributed by atoms with Crippen molar-refractivity contribution in [2.24, 2.45) is 0 Å². The second kappa shape index (κ2) is 9.99. The van der Waals surface area contributed by atoms with Crippen molar-refractivity contribution >= 4 is 22.6 Å². The molecule has 1 aliphatic rings. The number of rotatable bonds is 7. The SMILES string of the molecule is C[C@@H]1CN(c2nnc3cnc4ccc(-c5ccc(OCCCN(C)C)cc5F)cc4n23)C[C@H](C)N1C. The van der Waals surface area contributed by atoms with E-state index in [1.54, 1.807) is 12.3 Å². The summed E-state index contributed by atoms with van der Waals surface area (Å²) in [7, 11) is 6.21. The number of aromatic nitrogens is 4. The molecule has 3 heterocycles. The van der Waals surface area contributed by atoms with Gasteiger partial charge in [-0.3, -0.25) is 14.3 Å². The maximum atomic E-state index is 15.2. The molecule has 1 aliphatic heterocycles. The highest BCUT2D eigenvalue weighted by Crippen LogP contribution is 2.30. The summed E-state index contributed by atoms with van der Waals surface area (Å²) in [5.41, 5.74) is 3.63. The molecule has 0 radical (unpaired) electrons. The third-order valence-electron chi connectivity index (χ3n) is 7.12. The summed E-state index contributed by atoms with van der Waals surface area (Å²) in [6.07, 6.45) is 2.63. The summed E-state index contributed by atoms with van der Waals surface area (Å²) < 4.78 is 23.0. The molecule has 0 amide bonds. The molecule has 5 rings (SSSR count). The van der Waals surface area contributed by atoms with Crippen LogP contribution in [0.3, 0.4) is 0 Å². The number of likely N-dealkylation sites (N-methyl/N-ethyl adjacent to an activating group) is 1. The lowest BCUT2D eigenvalue weighted by atomic mass is 10.0. The monoisotopic (exact) mass is 491 g/mol. The van der Waals surface area contributed by atoms with Crippen LogP contribution >= 0.6 is 0 Å². The first kappa shape index (κ1) is 24.4. The summed E-state index contributed by atoms with van der Waals surface area (Å²) in [5.74, 6) is 1.02. The molecule has 0 unspecified atom stereocenters. The minimum atomic E-state index is -0.315. The molecule has 190 valence electrons. The van der Waals surface area contributed by atoms with Crippen molar-refractivity contribution in [2.75, 3.05) is 52.3 Å². The van der Waals surface area contributed by atoms with Crippen LogP contribution in [0.4, 0.5) is 10.3 Å². The van der Waals surface area contributed by atoms with Crippen LogP contribution in [-0.2, 0) is 0 Å². The van der Waals surface area contributed by atoms with E-state index in [2.05, 4.69) is 50.8 Å². The van der Waals surface area contributed by atoms with Crippen molar-refractivity contribution in [3.63, 3.8) is 0 Å². The topological polar surface area (TPSA) is 62.0 Å². The predicted molar refractivity (Wildman–Crippen MR) is 141 cm³/mol. The van der Waals surface area contributed by atoms with Gasteiger partial charge in [0.05, 0.1) is 23.8 Å². The fourth-order valence-corrected chi connectivity index (χ4v) is 4.87. The van der Waals surface area contributed by atoms with E-state index in [4.69, 9.17) is 4.74 Å². The first-order valence-corrected chi connectivity index (χ1v) is 12.5. The Morgan fingerprint density at radius 2 is 1.83 bits per heavy atom. The van der Waals surface area contributed by atoms with Gasteiger partial charge in [-0.15, -0.1) is 10.2 Å². The molecule has 2 aromatic carbocycles. The summed E-state index contributed by atoms with van der Waals surface area (Å²) >= 11 is 0. The Morgan fingerprint density at radius 3 is 2.56 bits per heavy atom. The second-order valence-electron chi connectivity index (χ2n) is 10.1. The van der Waals surface area contributed by atoms with Gasteiger partial charge in [0.1, 0.15) is 11.6 Å². The van der Waals surface area contributed by atoms with E-state index < -0.39 is 0 Å². The average molecular weight is 492 g/mol. The van der Waals surface area contributed by atoms with Crippen LogP contribution in [0.15, 0.2) is 42.6 Å². The molecule has 2 atom stereocenters. The lowest BCUT2D eigenvalue weighted by Crippen LogP contribution is -2.55. The van der Waals surface area contributed by atoms with Gasteiger partial charge < -0.3 is 14.5 Å². The Hall–Kier alpha value is -3.30. The first-order chi connectivity index (χ1) is 17.3. The fraction of sp³-hybridized carbons (Fsp3) is 0.444. The number of anilines is 1. The smallest absolute Gasteiger partial charge is 0.232 e. The molecule has 4 aromatic rings. The third-order valence-corrected chi connectivity index (χ3v) is 7.12. The zero-order valence-corrected chi connectivity index (χ0v) is 21.6. The standard InChI is InChI=1S/C27H34FN7O/c1-18-16-34(17-19(2)33(18)5)27-31-30-26-15-29-24-10-7-20(13-25(24)35(26)27)22-9-8-21(14-23(22)28)36-12-6-11-32(3)4/h7-10,13-15,18-19H,6,11-12,16-17H2,1-5H3/t18-,19+. The van der Waals surface area contributed by atoms with Gasteiger partial charge in [-0.25, -0.2) is 4.39 Å². The Kier molecular flexibility index (Phi) is 6.77. The normalized spacial score (nSPS) is 19.0. The molecule has 9 heteroatoms. The van der Waals surface area contributed by atoms with Gasteiger partial charge in [-0.2, -0.15) is 0 Å². The van der Waals surface area contributed by atoms with Crippen molar-refractivity contribution < 1.29 is 9.13 Å². The Bertz CT molecular complexity index is 1360. The molecular formula is C27H34FN7O. The number of ether oxygens (including phenoxy) is 1. The van der Waals surface area contributed by atoms with E-state index >= 15 is 4.39 Å². The van der Waals surface area contributed by atoms with Gasteiger partial charge in [-0.05, 0) is 71.2 Å². The molecular weight excluding hydrogens is 457 g/mol. The predicted octanol–water partition coefficient (Wildman–Crippen LogP) is 3.94. The highest BCUT2D eigenvalue weighted by molar-refractivity contribution is 5.84. The van der Waals surface area contributed by atoms with Crippen LogP contribution in [0.25, 0.3) is 27.8 Å². The van der Waals surface area contributed by atoms with Crippen molar-refractivity contribution in [3.8, 4) is 16.9 Å². The number of nitrogens with zero attached hydrogens (tertiary/aromatic N) is 7. The molecule has 2 aromatic heterocycles. The third kappa shape index (κ3) is 4.73. The lowest BCUT2D eigenvalue weighted by Gasteiger charge is -2.42. The van der Waals surface area contributed by atoms with E-state index in [1.807, 2.05) is 42.8 Å². The second-order valence-corrected chi connectivity index (χ2v) is 10.1. The zero-order valence-electron chi connectivity index (χ0n) is 21.6. The lowest BCUT2D eigenvalue weighted by molar-refractivity contribution is 0.169. The minimum Gasteiger partial charge on any atom is -0.493 e. The van der Waals surface area contributed by atoms with Crippen molar-refractivity contribution in [1.29, 1.82) is 0 Å². The molecule has 0 N–H and O–H groups in total. The summed E-state index contributed by atoms with van der Waals surface area (Å²) in [5, 5.41) is 8.92. The van der Waals surface area contributed by atoms with Crippen molar-refractivity contribution in [2.45, 2.75) is 32.4 Å². The molecule has 0 spiro atoms. The van der Waals surface area contributed by atoms with Crippen LogP contribution in [0.2, 0.25) is 0 Å². The molecule has 0 aliphatic carbocycles. The van der Waals surface area contributed by atoms with E-state index in [9.17, 15) is 0 Å². The molecule has 36 heavy (non-hydrogen) atoms. The number of piperazine rings is 1. The van der Waals surface area contributed by atoms with Gasteiger partial charge in [0.15, 0.2) is 5.65 Å². The summed E-state index contributed by atoms with van der Waals surface area (Å²) in [6, 6.07) is 11.7. The molecule has 8 nitrogen and oxygen atoms in total. The van der Waals surface area contributed by atoms with E-state index in [-0.39, 0.29) is 5.82 Å². The number of benzene rings is 2. The van der Waals surface area contributed by atoms with Gasteiger partial charge in [0.2, 0.25) is 5.95 Å². The minimum absolute atomic E-state index is 0.315.